The van der Waals surface area contributed by atoms with Crippen molar-refractivity contribution in [3.8, 4) is 0 Å². The van der Waals surface area contributed by atoms with Gasteiger partial charge in [0, 0.05) is 19.0 Å². The molecule has 0 unspecified atom stereocenters. The SMILES string of the molecule is C=C(c1ccccc1)[C@@H]1CN(S(=O)(=O)c2ccc(C)cc2)CC[C@@H]1O. The summed E-state index contributed by atoms with van der Waals surface area (Å²) < 4.78 is 27.3. The Morgan fingerprint density at radius 3 is 2.40 bits per heavy atom. The third kappa shape index (κ3) is 3.68. The van der Waals surface area contributed by atoms with E-state index in [1.807, 2.05) is 37.3 Å². The average Bonchev–Trinajstić information content (AvgIpc) is 2.62. The lowest BCUT2D eigenvalue weighted by Gasteiger charge is -2.36. The van der Waals surface area contributed by atoms with Crippen LogP contribution in [-0.2, 0) is 10.0 Å². The van der Waals surface area contributed by atoms with Crippen molar-refractivity contribution in [1.29, 1.82) is 0 Å². The highest BCUT2D eigenvalue weighted by atomic mass is 32.2. The Hall–Kier alpha value is -1.95. The van der Waals surface area contributed by atoms with Gasteiger partial charge in [0.15, 0.2) is 0 Å². The van der Waals surface area contributed by atoms with Crippen molar-refractivity contribution < 1.29 is 13.5 Å². The lowest BCUT2D eigenvalue weighted by Crippen LogP contribution is -2.46. The molecule has 1 aliphatic rings. The van der Waals surface area contributed by atoms with Gasteiger partial charge in [0.1, 0.15) is 0 Å². The summed E-state index contributed by atoms with van der Waals surface area (Å²) in [6.45, 7) is 6.60. The predicted molar refractivity (Wildman–Crippen MR) is 99.5 cm³/mol. The Morgan fingerprint density at radius 1 is 1.12 bits per heavy atom. The number of hydrogen-bond acceptors (Lipinski definition) is 3. The van der Waals surface area contributed by atoms with Crippen LogP contribution in [-0.4, -0.2) is 37.0 Å². The van der Waals surface area contributed by atoms with Crippen LogP contribution in [0.1, 0.15) is 17.5 Å². The van der Waals surface area contributed by atoms with Crippen LogP contribution < -0.4 is 0 Å². The molecule has 0 spiro atoms. The van der Waals surface area contributed by atoms with E-state index in [4.69, 9.17) is 0 Å². The summed E-state index contributed by atoms with van der Waals surface area (Å²) in [6, 6.07) is 16.5. The van der Waals surface area contributed by atoms with E-state index < -0.39 is 16.1 Å². The molecule has 1 aliphatic heterocycles. The van der Waals surface area contributed by atoms with E-state index >= 15 is 0 Å². The zero-order chi connectivity index (χ0) is 18.0. The van der Waals surface area contributed by atoms with Crippen LogP contribution in [0.25, 0.3) is 5.57 Å². The quantitative estimate of drug-likeness (QED) is 0.915. The molecule has 0 saturated carbocycles. The monoisotopic (exact) mass is 357 g/mol. The first kappa shape index (κ1) is 17.9. The first-order chi connectivity index (χ1) is 11.9. The van der Waals surface area contributed by atoms with Gasteiger partial charge in [-0.05, 0) is 36.6 Å². The standard InChI is InChI=1S/C20H23NO3S/c1-15-8-10-18(11-9-15)25(23,24)21-13-12-20(22)19(14-21)16(2)17-6-4-3-5-7-17/h3-11,19-20,22H,2,12-14H2,1H3/t19-,20-/m0/s1. The molecule has 4 nitrogen and oxygen atoms in total. The second-order valence-electron chi connectivity index (χ2n) is 6.53. The Kier molecular flexibility index (Phi) is 5.08. The zero-order valence-electron chi connectivity index (χ0n) is 14.3. The Balaban J connectivity index is 1.85. The normalized spacial score (nSPS) is 21.8. The molecule has 0 aromatic heterocycles. The topological polar surface area (TPSA) is 57.6 Å². The average molecular weight is 357 g/mol. The molecule has 2 aromatic rings. The molecule has 1 heterocycles. The first-order valence-electron chi connectivity index (χ1n) is 8.38. The number of rotatable bonds is 4. The summed E-state index contributed by atoms with van der Waals surface area (Å²) in [6.07, 6.45) is -0.182. The van der Waals surface area contributed by atoms with Crippen molar-refractivity contribution in [2.75, 3.05) is 13.1 Å². The van der Waals surface area contributed by atoms with E-state index in [0.717, 1.165) is 16.7 Å². The van der Waals surface area contributed by atoms with Gasteiger partial charge in [-0.25, -0.2) is 8.42 Å². The highest BCUT2D eigenvalue weighted by Crippen LogP contribution is 2.32. The van der Waals surface area contributed by atoms with E-state index in [1.54, 1.807) is 24.3 Å². The molecule has 1 saturated heterocycles. The summed E-state index contributed by atoms with van der Waals surface area (Å²) in [5.74, 6) is -0.309. The Morgan fingerprint density at radius 2 is 1.76 bits per heavy atom. The maximum atomic E-state index is 12.9. The number of aliphatic hydroxyl groups excluding tert-OH is 1. The molecule has 0 aliphatic carbocycles. The van der Waals surface area contributed by atoms with Gasteiger partial charge < -0.3 is 5.11 Å². The second-order valence-corrected chi connectivity index (χ2v) is 8.47. The summed E-state index contributed by atoms with van der Waals surface area (Å²) >= 11 is 0. The number of hydrogen-bond donors (Lipinski definition) is 1. The van der Waals surface area contributed by atoms with Gasteiger partial charge in [0.2, 0.25) is 10.0 Å². The zero-order valence-corrected chi connectivity index (χ0v) is 15.1. The van der Waals surface area contributed by atoms with Crippen LogP contribution in [0.4, 0.5) is 0 Å². The fourth-order valence-corrected chi connectivity index (χ4v) is 4.68. The molecule has 0 amide bonds. The number of piperidine rings is 1. The van der Waals surface area contributed by atoms with Crippen molar-refractivity contribution in [3.05, 3.63) is 72.3 Å². The van der Waals surface area contributed by atoms with Gasteiger partial charge >= 0.3 is 0 Å². The van der Waals surface area contributed by atoms with Gasteiger partial charge in [0.25, 0.3) is 0 Å². The second kappa shape index (κ2) is 7.12. The third-order valence-corrected chi connectivity index (χ3v) is 6.67. The highest BCUT2D eigenvalue weighted by molar-refractivity contribution is 7.89. The molecule has 1 fully saturated rings. The van der Waals surface area contributed by atoms with E-state index in [-0.39, 0.29) is 12.5 Å². The summed E-state index contributed by atoms with van der Waals surface area (Å²) in [5, 5.41) is 10.4. The molecule has 0 radical (unpaired) electrons. The van der Waals surface area contributed by atoms with Gasteiger partial charge in [-0.15, -0.1) is 0 Å². The maximum Gasteiger partial charge on any atom is 0.243 e. The molecule has 2 atom stereocenters. The molecule has 3 rings (SSSR count). The van der Waals surface area contributed by atoms with E-state index in [0.29, 0.717) is 17.9 Å². The molecule has 1 N–H and O–H groups in total. The van der Waals surface area contributed by atoms with E-state index in [1.165, 1.54) is 4.31 Å². The molecular weight excluding hydrogens is 334 g/mol. The van der Waals surface area contributed by atoms with Crippen molar-refractivity contribution in [2.24, 2.45) is 5.92 Å². The summed E-state index contributed by atoms with van der Waals surface area (Å²) in [7, 11) is -3.57. The first-order valence-corrected chi connectivity index (χ1v) is 9.82. The number of nitrogens with zero attached hydrogens (tertiary/aromatic N) is 1. The minimum Gasteiger partial charge on any atom is -0.392 e. The molecule has 25 heavy (non-hydrogen) atoms. The van der Waals surface area contributed by atoms with Crippen molar-refractivity contribution >= 4 is 15.6 Å². The van der Waals surface area contributed by atoms with Crippen LogP contribution >= 0.6 is 0 Å². The molecule has 132 valence electrons. The Labute approximate surface area is 149 Å². The summed E-state index contributed by atoms with van der Waals surface area (Å²) in [4.78, 5) is 0.290. The van der Waals surface area contributed by atoms with Crippen LogP contribution in [0.15, 0.2) is 66.1 Å². The molecule has 5 heteroatoms. The lowest BCUT2D eigenvalue weighted by atomic mass is 9.86. The van der Waals surface area contributed by atoms with Crippen molar-refractivity contribution in [2.45, 2.75) is 24.3 Å². The minimum atomic E-state index is -3.57. The van der Waals surface area contributed by atoms with Crippen molar-refractivity contribution in [3.63, 3.8) is 0 Å². The van der Waals surface area contributed by atoms with Crippen molar-refractivity contribution in [1.82, 2.24) is 4.31 Å². The van der Waals surface area contributed by atoms with Gasteiger partial charge in [-0.3, -0.25) is 0 Å². The largest absolute Gasteiger partial charge is 0.392 e. The third-order valence-electron chi connectivity index (χ3n) is 4.79. The van der Waals surface area contributed by atoms with Crippen LogP contribution in [0, 0.1) is 12.8 Å². The smallest absolute Gasteiger partial charge is 0.243 e. The fraction of sp³-hybridized carbons (Fsp3) is 0.300. The molecule has 2 aromatic carbocycles. The van der Waals surface area contributed by atoms with Crippen LogP contribution in [0.3, 0.4) is 0 Å². The number of benzene rings is 2. The van der Waals surface area contributed by atoms with Gasteiger partial charge in [-0.1, -0.05) is 54.6 Å². The van der Waals surface area contributed by atoms with Gasteiger partial charge in [-0.2, -0.15) is 4.31 Å². The van der Waals surface area contributed by atoms with E-state index in [2.05, 4.69) is 6.58 Å². The Bertz CT molecular complexity index is 844. The molecular formula is C20H23NO3S. The minimum absolute atomic E-state index is 0.241. The summed E-state index contributed by atoms with van der Waals surface area (Å²) in [5.41, 5.74) is 2.72. The predicted octanol–water partition coefficient (Wildman–Crippen LogP) is 3.08. The number of aryl methyl sites for hydroxylation is 1. The fourth-order valence-electron chi connectivity index (χ4n) is 3.20. The highest BCUT2D eigenvalue weighted by Gasteiger charge is 2.36. The maximum absolute atomic E-state index is 12.9. The van der Waals surface area contributed by atoms with Gasteiger partial charge in [0.05, 0.1) is 11.0 Å². The number of aliphatic hydroxyl groups is 1. The van der Waals surface area contributed by atoms with E-state index in [9.17, 15) is 13.5 Å². The van der Waals surface area contributed by atoms with Crippen LogP contribution in [0.5, 0.6) is 0 Å². The number of sulfonamides is 1. The molecule has 0 bridgehead atoms. The van der Waals surface area contributed by atoms with Crippen LogP contribution in [0.2, 0.25) is 0 Å². The lowest BCUT2D eigenvalue weighted by molar-refractivity contribution is 0.0803.